The molecule has 0 radical (unpaired) electrons. The first kappa shape index (κ1) is 23.2. The molecule has 0 saturated carbocycles. The zero-order valence-corrected chi connectivity index (χ0v) is 20.0. The molecular weight excluding hydrogens is 479 g/mol. The summed E-state index contributed by atoms with van der Waals surface area (Å²) in [5.74, 6) is 1.47. The van der Waals surface area contributed by atoms with Gasteiger partial charge in [-0.05, 0) is 48.0 Å². The van der Waals surface area contributed by atoms with Gasteiger partial charge in [-0.1, -0.05) is 65.3 Å². The molecule has 1 heterocycles. The lowest BCUT2D eigenvalue weighted by atomic mass is 10.1. The molecule has 6 nitrogen and oxygen atoms in total. The van der Waals surface area contributed by atoms with Gasteiger partial charge in [0.25, 0.3) is 0 Å². The number of hydrogen-bond donors (Lipinski definition) is 1. The summed E-state index contributed by atoms with van der Waals surface area (Å²) in [6, 6.07) is 22.6. The Bertz CT molecular complexity index is 1230. The Balaban J connectivity index is 1.55. The van der Waals surface area contributed by atoms with Crippen molar-refractivity contribution in [3.05, 3.63) is 94.2 Å². The molecule has 0 bridgehead atoms. The fraction of sp³-hybridized carbons (Fsp3) is 0.125. The summed E-state index contributed by atoms with van der Waals surface area (Å²) in [5, 5.41) is 13.1. The maximum absolute atomic E-state index is 12.5. The minimum atomic E-state index is -0.202. The van der Waals surface area contributed by atoms with Crippen molar-refractivity contribution in [2.24, 2.45) is 0 Å². The topological polar surface area (TPSA) is 69.0 Å². The standard InChI is InChI=1S/C24H20Cl2N4O2S/c1-32-21-9-7-20(8-10-21)30-22(11-16-5-3-2-4-6-16)28-29-24(30)33-15-23(31)27-19-13-17(25)12-18(26)14-19/h2-10,12-14H,11,15H2,1H3,(H,27,31). The summed E-state index contributed by atoms with van der Waals surface area (Å²) in [6.45, 7) is 0. The lowest BCUT2D eigenvalue weighted by Gasteiger charge is -2.11. The van der Waals surface area contributed by atoms with Crippen LogP contribution in [-0.4, -0.2) is 33.5 Å². The molecule has 0 unspecified atom stereocenters. The number of carbonyl (C=O) groups is 1. The normalized spacial score (nSPS) is 10.8. The van der Waals surface area contributed by atoms with E-state index in [0.717, 1.165) is 22.8 Å². The number of ether oxygens (including phenoxy) is 1. The second-order valence-corrected chi connectivity index (χ2v) is 8.90. The third-order valence-electron chi connectivity index (χ3n) is 4.71. The van der Waals surface area contributed by atoms with Gasteiger partial charge in [0.1, 0.15) is 11.6 Å². The van der Waals surface area contributed by atoms with Gasteiger partial charge in [-0.25, -0.2) is 0 Å². The van der Waals surface area contributed by atoms with E-state index in [2.05, 4.69) is 15.5 Å². The Labute approximate surface area is 205 Å². The molecule has 0 atom stereocenters. The molecule has 1 amide bonds. The number of halogens is 2. The first-order valence-electron chi connectivity index (χ1n) is 10.0. The van der Waals surface area contributed by atoms with Gasteiger partial charge in [0, 0.05) is 27.8 Å². The summed E-state index contributed by atoms with van der Waals surface area (Å²) in [6.07, 6.45) is 0.605. The van der Waals surface area contributed by atoms with Crippen molar-refractivity contribution < 1.29 is 9.53 Å². The number of anilines is 1. The number of amides is 1. The van der Waals surface area contributed by atoms with Gasteiger partial charge < -0.3 is 10.1 Å². The number of nitrogens with zero attached hydrogens (tertiary/aromatic N) is 3. The number of thioether (sulfide) groups is 1. The molecule has 3 aromatic carbocycles. The molecular formula is C24H20Cl2N4O2S. The number of carbonyl (C=O) groups excluding carboxylic acids is 1. The molecule has 0 saturated heterocycles. The van der Waals surface area contributed by atoms with Crippen molar-refractivity contribution in [2.45, 2.75) is 11.6 Å². The van der Waals surface area contributed by atoms with Crippen LogP contribution >= 0.6 is 35.0 Å². The fourth-order valence-electron chi connectivity index (χ4n) is 3.23. The van der Waals surface area contributed by atoms with Gasteiger partial charge in [0.15, 0.2) is 5.16 Å². The minimum absolute atomic E-state index is 0.143. The summed E-state index contributed by atoms with van der Waals surface area (Å²) >= 11 is 13.3. The van der Waals surface area contributed by atoms with E-state index in [-0.39, 0.29) is 11.7 Å². The Kier molecular flexibility index (Phi) is 7.54. The van der Waals surface area contributed by atoms with Crippen molar-refractivity contribution >= 4 is 46.6 Å². The number of nitrogens with one attached hydrogen (secondary N) is 1. The van der Waals surface area contributed by atoms with E-state index >= 15 is 0 Å². The Morgan fingerprint density at radius 3 is 2.36 bits per heavy atom. The van der Waals surface area contributed by atoms with Gasteiger partial charge in [-0.3, -0.25) is 9.36 Å². The van der Waals surface area contributed by atoms with Crippen LogP contribution in [-0.2, 0) is 11.2 Å². The molecule has 0 spiro atoms. The van der Waals surface area contributed by atoms with E-state index in [1.54, 1.807) is 25.3 Å². The number of hydrogen-bond acceptors (Lipinski definition) is 5. The van der Waals surface area contributed by atoms with Crippen molar-refractivity contribution in [3.63, 3.8) is 0 Å². The van der Waals surface area contributed by atoms with Gasteiger partial charge >= 0.3 is 0 Å². The monoisotopic (exact) mass is 498 g/mol. The van der Waals surface area contributed by atoms with Crippen LogP contribution in [0.25, 0.3) is 5.69 Å². The zero-order valence-electron chi connectivity index (χ0n) is 17.7. The maximum atomic E-state index is 12.5. The van der Waals surface area contributed by atoms with Crippen molar-refractivity contribution in [1.82, 2.24) is 14.8 Å². The molecule has 1 N–H and O–H groups in total. The van der Waals surface area contributed by atoms with E-state index in [1.807, 2.05) is 59.2 Å². The van der Waals surface area contributed by atoms with Crippen molar-refractivity contribution in [2.75, 3.05) is 18.2 Å². The third kappa shape index (κ3) is 6.07. The Hall–Kier alpha value is -3.00. The second-order valence-electron chi connectivity index (χ2n) is 7.09. The van der Waals surface area contributed by atoms with Crippen LogP contribution in [0.2, 0.25) is 10.0 Å². The van der Waals surface area contributed by atoms with Crippen LogP contribution in [0.5, 0.6) is 5.75 Å². The highest BCUT2D eigenvalue weighted by Crippen LogP contribution is 2.26. The number of benzene rings is 3. The second kappa shape index (κ2) is 10.7. The molecule has 1 aromatic heterocycles. The van der Waals surface area contributed by atoms with Gasteiger partial charge in [0.2, 0.25) is 5.91 Å². The van der Waals surface area contributed by atoms with E-state index in [0.29, 0.717) is 27.3 Å². The van der Waals surface area contributed by atoms with Crippen LogP contribution < -0.4 is 10.1 Å². The van der Waals surface area contributed by atoms with E-state index in [9.17, 15) is 4.79 Å². The van der Waals surface area contributed by atoms with Gasteiger partial charge in [0.05, 0.1) is 12.9 Å². The first-order chi connectivity index (χ1) is 16.0. The summed E-state index contributed by atoms with van der Waals surface area (Å²) in [7, 11) is 1.63. The fourth-order valence-corrected chi connectivity index (χ4v) is 4.53. The lowest BCUT2D eigenvalue weighted by Crippen LogP contribution is -2.14. The molecule has 9 heteroatoms. The first-order valence-corrected chi connectivity index (χ1v) is 11.8. The molecule has 4 aromatic rings. The van der Waals surface area contributed by atoms with Crippen LogP contribution in [0.4, 0.5) is 5.69 Å². The predicted octanol–water partition coefficient (Wildman–Crippen LogP) is 5.90. The number of methoxy groups -OCH3 is 1. The molecule has 0 aliphatic carbocycles. The number of aromatic nitrogens is 3. The Morgan fingerprint density at radius 2 is 1.70 bits per heavy atom. The largest absolute Gasteiger partial charge is 0.497 e. The highest BCUT2D eigenvalue weighted by molar-refractivity contribution is 7.99. The quantitative estimate of drug-likeness (QED) is 0.306. The molecule has 0 fully saturated rings. The van der Waals surface area contributed by atoms with Crippen LogP contribution in [0.15, 0.2) is 78.0 Å². The van der Waals surface area contributed by atoms with Crippen molar-refractivity contribution in [1.29, 1.82) is 0 Å². The average molecular weight is 499 g/mol. The van der Waals surface area contributed by atoms with E-state index < -0.39 is 0 Å². The molecule has 0 aliphatic rings. The zero-order chi connectivity index (χ0) is 23.2. The average Bonchev–Trinajstić information content (AvgIpc) is 3.20. The van der Waals surface area contributed by atoms with Gasteiger partial charge in [-0.2, -0.15) is 0 Å². The smallest absolute Gasteiger partial charge is 0.234 e. The summed E-state index contributed by atoms with van der Waals surface area (Å²) < 4.78 is 7.24. The van der Waals surface area contributed by atoms with Crippen LogP contribution in [0.1, 0.15) is 11.4 Å². The van der Waals surface area contributed by atoms with Gasteiger partial charge in [-0.15, -0.1) is 10.2 Å². The summed E-state index contributed by atoms with van der Waals surface area (Å²) in [5.41, 5.74) is 2.54. The number of rotatable bonds is 8. The summed E-state index contributed by atoms with van der Waals surface area (Å²) in [4.78, 5) is 12.5. The molecule has 168 valence electrons. The van der Waals surface area contributed by atoms with E-state index in [1.165, 1.54) is 11.8 Å². The Morgan fingerprint density at radius 1 is 1.00 bits per heavy atom. The minimum Gasteiger partial charge on any atom is -0.497 e. The molecule has 0 aliphatic heterocycles. The molecule has 33 heavy (non-hydrogen) atoms. The van der Waals surface area contributed by atoms with Crippen LogP contribution in [0.3, 0.4) is 0 Å². The lowest BCUT2D eigenvalue weighted by molar-refractivity contribution is -0.113. The SMILES string of the molecule is COc1ccc(-n2c(Cc3ccccc3)nnc2SCC(=O)Nc2cc(Cl)cc(Cl)c2)cc1. The van der Waals surface area contributed by atoms with Crippen molar-refractivity contribution in [3.8, 4) is 11.4 Å². The highest BCUT2D eigenvalue weighted by atomic mass is 35.5. The highest BCUT2D eigenvalue weighted by Gasteiger charge is 2.17. The predicted molar refractivity (Wildman–Crippen MR) is 133 cm³/mol. The van der Waals surface area contributed by atoms with E-state index in [4.69, 9.17) is 27.9 Å². The third-order valence-corrected chi connectivity index (χ3v) is 6.08. The molecule has 4 rings (SSSR count). The van der Waals surface area contributed by atoms with Crippen LogP contribution in [0, 0.1) is 0 Å². The maximum Gasteiger partial charge on any atom is 0.234 e.